The van der Waals surface area contributed by atoms with Gasteiger partial charge < -0.3 is 19.6 Å². The second-order valence-electron chi connectivity index (χ2n) is 6.50. The highest BCUT2D eigenvalue weighted by Gasteiger charge is 2.29. The van der Waals surface area contributed by atoms with E-state index >= 15 is 0 Å². The zero-order chi connectivity index (χ0) is 17.3. The summed E-state index contributed by atoms with van der Waals surface area (Å²) in [5.74, 6) is 1.29. The summed E-state index contributed by atoms with van der Waals surface area (Å²) in [6, 6.07) is 3.91. The third kappa shape index (κ3) is 3.55. The van der Waals surface area contributed by atoms with Crippen LogP contribution >= 0.6 is 11.3 Å². The number of rotatable bonds is 5. The summed E-state index contributed by atoms with van der Waals surface area (Å²) in [5.41, 5.74) is 0.814. The number of aryl methyl sites for hydroxylation is 2. The molecular weight excluding hydrogens is 326 g/mol. The molecule has 24 heavy (non-hydrogen) atoms. The van der Waals surface area contributed by atoms with Crippen LogP contribution < -0.4 is 5.32 Å². The Morgan fingerprint density at radius 1 is 1.50 bits per heavy atom. The summed E-state index contributed by atoms with van der Waals surface area (Å²) in [6.07, 6.45) is 0.995. The smallest absolute Gasteiger partial charge is 0.223 e. The van der Waals surface area contributed by atoms with Gasteiger partial charge in [0.2, 0.25) is 5.91 Å². The van der Waals surface area contributed by atoms with Crippen LogP contribution in [0.1, 0.15) is 47.0 Å². The number of aliphatic hydroxyl groups is 1. The van der Waals surface area contributed by atoms with Gasteiger partial charge in [-0.1, -0.05) is 0 Å². The standard InChI is InChI=1S/C18H23NO4S/c1-11-8-14(12(2)23-11)18(3,21)10-19-16(20)9-15-17-13(4-6-22-15)5-7-24-17/h5,7-8,15,21H,4,6,9-10H2,1-3H3,(H,19,20)/t15-,18-/m0/s1. The van der Waals surface area contributed by atoms with Gasteiger partial charge in [0.05, 0.1) is 19.6 Å². The first-order valence-electron chi connectivity index (χ1n) is 8.11. The molecule has 1 amide bonds. The lowest BCUT2D eigenvalue weighted by Gasteiger charge is -2.25. The summed E-state index contributed by atoms with van der Waals surface area (Å²) >= 11 is 1.63. The van der Waals surface area contributed by atoms with E-state index in [1.807, 2.05) is 25.3 Å². The van der Waals surface area contributed by atoms with E-state index < -0.39 is 5.60 Å². The zero-order valence-electron chi connectivity index (χ0n) is 14.2. The van der Waals surface area contributed by atoms with Crippen LogP contribution in [0, 0.1) is 13.8 Å². The van der Waals surface area contributed by atoms with Gasteiger partial charge in [0.25, 0.3) is 0 Å². The summed E-state index contributed by atoms with van der Waals surface area (Å²) in [6.45, 7) is 6.11. The van der Waals surface area contributed by atoms with Crippen molar-refractivity contribution in [2.45, 2.75) is 45.3 Å². The Labute approximate surface area is 145 Å². The minimum absolute atomic E-state index is 0.126. The van der Waals surface area contributed by atoms with Crippen LogP contribution in [0.15, 0.2) is 21.9 Å². The summed E-state index contributed by atoms with van der Waals surface area (Å²) in [5, 5.41) is 15.5. The fourth-order valence-electron chi connectivity index (χ4n) is 3.15. The molecule has 130 valence electrons. The molecule has 0 aliphatic carbocycles. The molecule has 0 bridgehead atoms. The molecule has 0 aromatic carbocycles. The molecule has 0 unspecified atom stereocenters. The van der Waals surface area contributed by atoms with Crippen LogP contribution in [0.2, 0.25) is 0 Å². The number of thiophene rings is 1. The average Bonchev–Trinajstić information content (AvgIpc) is 3.12. The Hall–Kier alpha value is -1.63. The molecular formula is C18H23NO4S. The number of nitrogens with one attached hydrogen (secondary N) is 1. The van der Waals surface area contributed by atoms with E-state index in [9.17, 15) is 9.90 Å². The van der Waals surface area contributed by atoms with Crippen molar-refractivity contribution >= 4 is 17.2 Å². The first-order valence-corrected chi connectivity index (χ1v) is 8.99. The maximum Gasteiger partial charge on any atom is 0.223 e. The summed E-state index contributed by atoms with van der Waals surface area (Å²) in [7, 11) is 0. The average molecular weight is 349 g/mol. The molecule has 0 fully saturated rings. The molecule has 3 heterocycles. The minimum Gasteiger partial charge on any atom is -0.466 e. The molecule has 2 aromatic heterocycles. The van der Waals surface area contributed by atoms with Gasteiger partial charge in [-0.15, -0.1) is 11.3 Å². The molecule has 0 spiro atoms. The maximum absolute atomic E-state index is 12.3. The number of fused-ring (bicyclic) bond motifs is 1. The first-order chi connectivity index (χ1) is 11.4. The topological polar surface area (TPSA) is 71.7 Å². The monoisotopic (exact) mass is 349 g/mol. The lowest BCUT2D eigenvalue weighted by Crippen LogP contribution is -2.39. The lowest BCUT2D eigenvalue weighted by molar-refractivity contribution is -0.125. The van der Waals surface area contributed by atoms with E-state index in [2.05, 4.69) is 11.4 Å². The Morgan fingerprint density at radius 2 is 2.29 bits per heavy atom. The van der Waals surface area contributed by atoms with Gasteiger partial charge in [-0.2, -0.15) is 0 Å². The third-order valence-electron chi connectivity index (χ3n) is 4.39. The first kappa shape index (κ1) is 17.2. The van der Waals surface area contributed by atoms with E-state index in [0.717, 1.165) is 17.1 Å². The van der Waals surface area contributed by atoms with Gasteiger partial charge in [0.1, 0.15) is 23.2 Å². The Balaban J connectivity index is 1.59. The van der Waals surface area contributed by atoms with Crippen molar-refractivity contribution < 1.29 is 19.1 Å². The highest BCUT2D eigenvalue weighted by Crippen LogP contribution is 2.34. The third-order valence-corrected chi connectivity index (χ3v) is 5.44. The van der Waals surface area contributed by atoms with Crippen molar-refractivity contribution in [3.8, 4) is 0 Å². The van der Waals surface area contributed by atoms with E-state index in [1.165, 1.54) is 5.56 Å². The van der Waals surface area contributed by atoms with Crippen molar-refractivity contribution in [2.75, 3.05) is 13.2 Å². The summed E-state index contributed by atoms with van der Waals surface area (Å²) < 4.78 is 11.2. The number of carbonyl (C=O) groups is 1. The van der Waals surface area contributed by atoms with Crippen LogP contribution in [0.25, 0.3) is 0 Å². The lowest BCUT2D eigenvalue weighted by atomic mass is 9.96. The Kier molecular flexibility index (Phi) is 4.80. The van der Waals surface area contributed by atoms with Crippen LogP contribution in [0.4, 0.5) is 0 Å². The minimum atomic E-state index is -1.17. The van der Waals surface area contributed by atoms with Crippen LogP contribution in [0.3, 0.4) is 0 Å². The SMILES string of the molecule is Cc1cc([C@@](C)(O)CNC(=O)C[C@@H]2OCCc3ccsc32)c(C)o1. The number of carbonyl (C=O) groups excluding carboxylic acids is 1. The number of furan rings is 1. The van der Waals surface area contributed by atoms with Crippen molar-refractivity contribution in [3.05, 3.63) is 45.0 Å². The molecule has 1 aliphatic rings. The molecule has 5 nitrogen and oxygen atoms in total. The van der Waals surface area contributed by atoms with Crippen molar-refractivity contribution in [3.63, 3.8) is 0 Å². The van der Waals surface area contributed by atoms with Gasteiger partial charge in [0.15, 0.2) is 0 Å². The van der Waals surface area contributed by atoms with Gasteiger partial charge in [0, 0.05) is 10.4 Å². The van der Waals surface area contributed by atoms with Crippen molar-refractivity contribution in [2.24, 2.45) is 0 Å². The maximum atomic E-state index is 12.3. The van der Waals surface area contributed by atoms with E-state index in [0.29, 0.717) is 17.9 Å². The molecule has 2 atom stereocenters. The van der Waals surface area contributed by atoms with Crippen LogP contribution in [0.5, 0.6) is 0 Å². The van der Waals surface area contributed by atoms with Crippen molar-refractivity contribution in [1.82, 2.24) is 5.32 Å². The second kappa shape index (κ2) is 6.70. The van der Waals surface area contributed by atoms with Gasteiger partial charge in [-0.05, 0) is 50.3 Å². The Morgan fingerprint density at radius 3 is 3.00 bits per heavy atom. The van der Waals surface area contributed by atoms with E-state index in [1.54, 1.807) is 18.3 Å². The van der Waals surface area contributed by atoms with Gasteiger partial charge in [-0.25, -0.2) is 0 Å². The molecule has 0 saturated carbocycles. The predicted octanol–water partition coefficient (Wildman–Crippen LogP) is 2.99. The number of hydrogen-bond acceptors (Lipinski definition) is 5. The fourth-order valence-corrected chi connectivity index (χ4v) is 4.15. The number of amides is 1. The molecule has 0 radical (unpaired) electrons. The number of hydrogen-bond donors (Lipinski definition) is 2. The quantitative estimate of drug-likeness (QED) is 0.870. The van der Waals surface area contributed by atoms with E-state index in [-0.39, 0.29) is 25.0 Å². The second-order valence-corrected chi connectivity index (χ2v) is 7.45. The molecule has 0 saturated heterocycles. The zero-order valence-corrected chi connectivity index (χ0v) is 15.0. The number of ether oxygens (including phenoxy) is 1. The normalized spacial score (nSPS) is 19.6. The molecule has 2 N–H and O–H groups in total. The van der Waals surface area contributed by atoms with Gasteiger partial charge >= 0.3 is 0 Å². The summed E-state index contributed by atoms with van der Waals surface area (Å²) in [4.78, 5) is 13.4. The highest BCUT2D eigenvalue weighted by atomic mass is 32.1. The Bertz CT molecular complexity index is 731. The van der Waals surface area contributed by atoms with Crippen LogP contribution in [-0.4, -0.2) is 24.2 Å². The van der Waals surface area contributed by atoms with Gasteiger partial charge in [-0.3, -0.25) is 4.79 Å². The van der Waals surface area contributed by atoms with Crippen LogP contribution in [-0.2, 0) is 21.6 Å². The predicted molar refractivity (Wildman–Crippen MR) is 92.1 cm³/mol. The largest absolute Gasteiger partial charge is 0.466 e. The molecule has 6 heteroatoms. The fraction of sp³-hybridized carbons (Fsp3) is 0.500. The van der Waals surface area contributed by atoms with Crippen molar-refractivity contribution in [1.29, 1.82) is 0 Å². The van der Waals surface area contributed by atoms with E-state index in [4.69, 9.17) is 9.15 Å². The highest BCUT2D eigenvalue weighted by molar-refractivity contribution is 7.10. The molecule has 1 aliphatic heterocycles. The molecule has 2 aromatic rings. The molecule has 3 rings (SSSR count).